The van der Waals surface area contributed by atoms with Crippen LogP contribution in [0, 0.1) is 0 Å². The molecule has 1 aliphatic carbocycles. The molecule has 3 aromatic rings. The van der Waals surface area contributed by atoms with Crippen LogP contribution in [0.5, 0.6) is 5.75 Å². The first kappa shape index (κ1) is 21.0. The standard InChI is InChI=1S/C23H24N4O3S/c1-30-20-14-8-7-13-18(20)21(22(28)24-16-9-5-6-10-16)27(17-11-3-2-4-12-17)23(29)19-15-31-26-25-19/h2-4,7-8,11-16,21H,5-6,9-10H2,1H3,(H,24,28)/t21-/m0/s1. The van der Waals surface area contributed by atoms with Crippen LogP contribution in [0.1, 0.15) is 47.8 Å². The fourth-order valence-corrected chi connectivity index (χ4v) is 4.42. The molecule has 1 fully saturated rings. The Morgan fingerprint density at radius 3 is 2.48 bits per heavy atom. The lowest BCUT2D eigenvalue weighted by atomic mass is 10.0. The number of anilines is 1. The molecule has 0 unspecified atom stereocenters. The molecule has 2 aromatic carbocycles. The van der Waals surface area contributed by atoms with Crippen LogP contribution in [0.15, 0.2) is 60.0 Å². The van der Waals surface area contributed by atoms with Crippen LogP contribution < -0.4 is 15.0 Å². The van der Waals surface area contributed by atoms with Gasteiger partial charge in [0.15, 0.2) is 5.69 Å². The first-order chi connectivity index (χ1) is 15.2. The lowest BCUT2D eigenvalue weighted by Gasteiger charge is -2.32. The van der Waals surface area contributed by atoms with Crippen molar-refractivity contribution in [2.24, 2.45) is 0 Å². The Balaban J connectivity index is 1.82. The Labute approximate surface area is 185 Å². The van der Waals surface area contributed by atoms with Crippen molar-refractivity contribution in [1.29, 1.82) is 0 Å². The van der Waals surface area contributed by atoms with Crippen molar-refractivity contribution in [3.8, 4) is 5.75 Å². The molecule has 1 N–H and O–H groups in total. The van der Waals surface area contributed by atoms with Crippen molar-refractivity contribution >= 4 is 29.0 Å². The smallest absolute Gasteiger partial charge is 0.280 e. The molecular formula is C23H24N4O3S. The zero-order chi connectivity index (χ0) is 21.6. The summed E-state index contributed by atoms with van der Waals surface area (Å²) in [5.74, 6) is -0.0894. The van der Waals surface area contributed by atoms with E-state index < -0.39 is 11.9 Å². The molecule has 0 saturated heterocycles. The Hall–Kier alpha value is -3.26. The third kappa shape index (κ3) is 4.59. The monoisotopic (exact) mass is 436 g/mol. The highest BCUT2D eigenvalue weighted by Gasteiger charge is 2.37. The zero-order valence-corrected chi connectivity index (χ0v) is 18.0. The minimum atomic E-state index is -0.923. The van der Waals surface area contributed by atoms with Gasteiger partial charge in [-0.3, -0.25) is 14.5 Å². The van der Waals surface area contributed by atoms with E-state index >= 15 is 0 Å². The van der Waals surface area contributed by atoms with Gasteiger partial charge in [0.1, 0.15) is 11.8 Å². The van der Waals surface area contributed by atoms with Crippen LogP contribution >= 0.6 is 11.5 Å². The molecule has 1 aromatic heterocycles. The largest absolute Gasteiger partial charge is 0.496 e. The van der Waals surface area contributed by atoms with E-state index in [0.717, 1.165) is 37.2 Å². The molecular weight excluding hydrogens is 412 g/mol. The van der Waals surface area contributed by atoms with E-state index in [-0.39, 0.29) is 17.6 Å². The minimum absolute atomic E-state index is 0.110. The van der Waals surface area contributed by atoms with Crippen LogP contribution in [0.2, 0.25) is 0 Å². The summed E-state index contributed by atoms with van der Waals surface area (Å²) in [6.45, 7) is 0. The molecule has 1 heterocycles. The summed E-state index contributed by atoms with van der Waals surface area (Å²) < 4.78 is 9.39. The number of amides is 2. The normalized spacial score (nSPS) is 14.7. The van der Waals surface area contributed by atoms with Gasteiger partial charge in [0.25, 0.3) is 5.91 Å². The molecule has 160 valence electrons. The Morgan fingerprint density at radius 2 is 1.81 bits per heavy atom. The Bertz CT molecular complexity index is 1020. The third-order valence-electron chi connectivity index (χ3n) is 5.47. The highest BCUT2D eigenvalue weighted by molar-refractivity contribution is 7.03. The highest BCUT2D eigenvalue weighted by Crippen LogP contribution is 2.35. The second-order valence-corrected chi connectivity index (χ2v) is 8.05. The van der Waals surface area contributed by atoms with E-state index in [1.54, 1.807) is 18.6 Å². The van der Waals surface area contributed by atoms with Crippen LogP contribution in [-0.2, 0) is 4.79 Å². The van der Waals surface area contributed by atoms with Gasteiger partial charge in [-0.15, -0.1) is 5.10 Å². The molecule has 1 atom stereocenters. The molecule has 1 saturated carbocycles. The Morgan fingerprint density at radius 1 is 1.10 bits per heavy atom. The van der Waals surface area contributed by atoms with E-state index in [0.29, 0.717) is 17.0 Å². The Kier molecular flexibility index (Phi) is 6.57. The van der Waals surface area contributed by atoms with Crippen molar-refractivity contribution in [3.05, 3.63) is 71.2 Å². The van der Waals surface area contributed by atoms with Crippen molar-refractivity contribution in [1.82, 2.24) is 14.9 Å². The average molecular weight is 437 g/mol. The lowest BCUT2D eigenvalue weighted by Crippen LogP contribution is -2.46. The van der Waals surface area contributed by atoms with Gasteiger partial charge in [-0.25, -0.2) is 0 Å². The molecule has 31 heavy (non-hydrogen) atoms. The molecule has 2 amide bonds. The van der Waals surface area contributed by atoms with Gasteiger partial charge < -0.3 is 10.1 Å². The van der Waals surface area contributed by atoms with Gasteiger partial charge in [0.2, 0.25) is 5.91 Å². The van der Waals surface area contributed by atoms with Crippen LogP contribution in [0.4, 0.5) is 5.69 Å². The van der Waals surface area contributed by atoms with Crippen molar-refractivity contribution in [2.75, 3.05) is 12.0 Å². The van der Waals surface area contributed by atoms with Gasteiger partial charge in [0.05, 0.1) is 7.11 Å². The van der Waals surface area contributed by atoms with E-state index in [9.17, 15) is 9.59 Å². The number of nitrogens with zero attached hydrogens (tertiary/aromatic N) is 3. The topological polar surface area (TPSA) is 84.4 Å². The van der Waals surface area contributed by atoms with E-state index in [1.807, 2.05) is 48.5 Å². The number of rotatable bonds is 7. The van der Waals surface area contributed by atoms with E-state index in [1.165, 1.54) is 4.90 Å². The van der Waals surface area contributed by atoms with Crippen LogP contribution in [0.25, 0.3) is 0 Å². The number of para-hydroxylation sites is 2. The number of aromatic nitrogens is 2. The zero-order valence-electron chi connectivity index (χ0n) is 17.2. The molecule has 0 radical (unpaired) electrons. The quantitative estimate of drug-likeness (QED) is 0.605. The van der Waals surface area contributed by atoms with Gasteiger partial charge in [-0.05, 0) is 42.6 Å². The first-order valence-electron chi connectivity index (χ1n) is 10.3. The fraction of sp³-hybridized carbons (Fsp3) is 0.304. The maximum atomic E-state index is 13.7. The third-order valence-corrected chi connectivity index (χ3v) is 5.98. The van der Waals surface area contributed by atoms with Gasteiger partial charge in [-0.1, -0.05) is 53.7 Å². The molecule has 4 rings (SSSR count). The predicted molar refractivity (Wildman–Crippen MR) is 119 cm³/mol. The summed E-state index contributed by atoms with van der Waals surface area (Å²) >= 11 is 1.10. The first-order valence-corrected chi connectivity index (χ1v) is 11.1. The van der Waals surface area contributed by atoms with E-state index in [2.05, 4.69) is 14.9 Å². The summed E-state index contributed by atoms with van der Waals surface area (Å²) in [5, 5.41) is 8.71. The lowest BCUT2D eigenvalue weighted by molar-refractivity contribution is -0.123. The molecule has 7 nitrogen and oxygen atoms in total. The number of hydrogen-bond donors (Lipinski definition) is 1. The summed E-state index contributed by atoms with van der Waals surface area (Å²) in [6.07, 6.45) is 4.07. The number of methoxy groups -OCH3 is 1. The highest BCUT2D eigenvalue weighted by atomic mass is 32.1. The number of carbonyl (C=O) groups is 2. The minimum Gasteiger partial charge on any atom is -0.496 e. The van der Waals surface area contributed by atoms with E-state index in [4.69, 9.17) is 4.74 Å². The molecule has 1 aliphatic rings. The summed E-state index contributed by atoms with van der Waals surface area (Å²) in [5.41, 5.74) is 1.40. The van der Waals surface area contributed by atoms with Gasteiger partial charge in [-0.2, -0.15) is 0 Å². The number of nitrogens with one attached hydrogen (secondary N) is 1. The number of ether oxygens (including phenoxy) is 1. The molecule has 0 bridgehead atoms. The maximum Gasteiger partial charge on any atom is 0.280 e. The fourth-order valence-electron chi connectivity index (χ4n) is 3.99. The van der Waals surface area contributed by atoms with Crippen LogP contribution in [-0.4, -0.2) is 34.6 Å². The SMILES string of the molecule is COc1ccccc1[C@@H](C(=O)NC1CCCC1)N(C(=O)c1csnn1)c1ccccc1. The van der Waals surface area contributed by atoms with Crippen molar-refractivity contribution < 1.29 is 14.3 Å². The molecule has 8 heteroatoms. The van der Waals surface area contributed by atoms with Gasteiger partial charge in [0, 0.05) is 22.7 Å². The summed E-state index contributed by atoms with van der Waals surface area (Å²) in [7, 11) is 1.56. The molecule has 0 aliphatic heterocycles. The second-order valence-electron chi connectivity index (χ2n) is 7.44. The number of carbonyl (C=O) groups excluding carboxylic acids is 2. The second kappa shape index (κ2) is 9.70. The number of hydrogen-bond acceptors (Lipinski definition) is 6. The average Bonchev–Trinajstić information content (AvgIpc) is 3.52. The van der Waals surface area contributed by atoms with Crippen molar-refractivity contribution in [2.45, 2.75) is 37.8 Å². The predicted octanol–water partition coefficient (Wildman–Crippen LogP) is 3.99. The molecule has 0 spiro atoms. The van der Waals surface area contributed by atoms with Crippen molar-refractivity contribution in [3.63, 3.8) is 0 Å². The summed E-state index contributed by atoms with van der Waals surface area (Å²) in [4.78, 5) is 28.7. The maximum absolute atomic E-state index is 13.7. The number of benzene rings is 2. The van der Waals surface area contributed by atoms with Crippen LogP contribution in [0.3, 0.4) is 0 Å². The van der Waals surface area contributed by atoms with Gasteiger partial charge >= 0.3 is 0 Å². The summed E-state index contributed by atoms with van der Waals surface area (Å²) in [6, 6.07) is 15.6.